The van der Waals surface area contributed by atoms with Gasteiger partial charge in [-0.15, -0.1) is 11.3 Å². The first kappa shape index (κ1) is 11.4. The summed E-state index contributed by atoms with van der Waals surface area (Å²) >= 11 is 1.83. The van der Waals surface area contributed by atoms with E-state index in [1.54, 1.807) is 0 Å². The lowest BCUT2D eigenvalue weighted by molar-refractivity contribution is 0.567. The molecule has 1 N–H and O–H groups in total. The van der Waals surface area contributed by atoms with Crippen molar-refractivity contribution in [2.24, 2.45) is 0 Å². The summed E-state index contributed by atoms with van der Waals surface area (Å²) in [7, 11) is 1.99. The monoisotopic (exact) mass is 235 g/mol. The highest BCUT2D eigenvalue weighted by atomic mass is 32.1. The van der Waals surface area contributed by atoms with Gasteiger partial charge in [-0.05, 0) is 39.1 Å². The summed E-state index contributed by atoms with van der Waals surface area (Å²) in [4.78, 5) is 2.69. The summed E-state index contributed by atoms with van der Waals surface area (Å²) in [6, 6.07) is 6.69. The zero-order chi connectivity index (χ0) is 11.5. The van der Waals surface area contributed by atoms with Crippen molar-refractivity contribution >= 4 is 11.3 Å². The minimum Gasteiger partial charge on any atom is -0.307 e. The van der Waals surface area contributed by atoms with Crippen LogP contribution in [0.2, 0.25) is 0 Å². The fourth-order valence-corrected chi connectivity index (χ4v) is 2.90. The van der Waals surface area contributed by atoms with Crippen molar-refractivity contribution in [3.63, 3.8) is 0 Å². The van der Waals surface area contributed by atoms with Gasteiger partial charge in [0.1, 0.15) is 0 Å². The van der Waals surface area contributed by atoms with E-state index < -0.39 is 0 Å². The van der Waals surface area contributed by atoms with Gasteiger partial charge in [-0.1, -0.05) is 0 Å². The number of hydrogen-bond acceptors (Lipinski definition) is 3. The summed E-state index contributed by atoms with van der Waals surface area (Å²) in [5.74, 6) is 0. The SMILES string of the molecule is CCn1nccc1C(NC)c1ccc(C)s1. The van der Waals surface area contributed by atoms with Crippen LogP contribution in [0.25, 0.3) is 0 Å². The van der Waals surface area contributed by atoms with Crippen LogP contribution >= 0.6 is 11.3 Å². The zero-order valence-corrected chi connectivity index (χ0v) is 10.7. The number of nitrogens with one attached hydrogen (secondary N) is 1. The molecule has 1 unspecified atom stereocenters. The molecule has 86 valence electrons. The van der Waals surface area contributed by atoms with Crippen molar-refractivity contribution < 1.29 is 0 Å². The number of nitrogens with zero attached hydrogens (tertiary/aromatic N) is 2. The molecule has 0 aliphatic rings. The minimum absolute atomic E-state index is 0.251. The maximum absolute atomic E-state index is 4.32. The van der Waals surface area contributed by atoms with E-state index in [-0.39, 0.29) is 6.04 Å². The molecule has 1 atom stereocenters. The van der Waals surface area contributed by atoms with Crippen LogP contribution in [0.5, 0.6) is 0 Å². The molecule has 0 amide bonds. The molecule has 2 rings (SSSR count). The van der Waals surface area contributed by atoms with Crippen molar-refractivity contribution in [3.05, 3.63) is 39.8 Å². The lowest BCUT2D eigenvalue weighted by atomic mass is 10.1. The average Bonchev–Trinajstić information content (AvgIpc) is 2.89. The second kappa shape index (κ2) is 4.80. The van der Waals surface area contributed by atoms with Gasteiger partial charge in [0.05, 0.1) is 11.7 Å². The standard InChI is InChI=1S/C12H17N3S/c1-4-15-10(7-8-14-15)12(13-3)11-6-5-9(2)16-11/h5-8,12-13H,4H2,1-3H3. The Morgan fingerprint density at radius 1 is 1.44 bits per heavy atom. The van der Waals surface area contributed by atoms with Crippen LogP contribution in [0.4, 0.5) is 0 Å². The van der Waals surface area contributed by atoms with Crippen LogP contribution in [-0.2, 0) is 6.54 Å². The Hall–Kier alpha value is -1.13. The minimum atomic E-state index is 0.251. The maximum atomic E-state index is 4.32. The number of thiophene rings is 1. The molecule has 0 aliphatic heterocycles. The third-order valence-corrected chi connectivity index (χ3v) is 3.74. The van der Waals surface area contributed by atoms with Crippen molar-refractivity contribution in [2.45, 2.75) is 26.4 Å². The molecule has 0 saturated carbocycles. The molecule has 4 heteroatoms. The largest absolute Gasteiger partial charge is 0.307 e. The van der Waals surface area contributed by atoms with Crippen LogP contribution < -0.4 is 5.32 Å². The van der Waals surface area contributed by atoms with Crippen LogP contribution in [0.15, 0.2) is 24.4 Å². The topological polar surface area (TPSA) is 29.9 Å². The molecule has 2 aromatic heterocycles. The van der Waals surface area contributed by atoms with E-state index in [0.717, 1.165) is 6.54 Å². The average molecular weight is 235 g/mol. The molecule has 0 aromatic carbocycles. The molecule has 0 bridgehead atoms. The van der Waals surface area contributed by atoms with E-state index in [1.807, 2.05) is 29.3 Å². The molecule has 0 aliphatic carbocycles. The number of rotatable bonds is 4. The smallest absolute Gasteiger partial charge is 0.0839 e. The van der Waals surface area contributed by atoms with Crippen molar-refractivity contribution in [1.29, 1.82) is 0 Å². The third-order valence-electron chi connectivity index (χ3n) is 2.68. The van der Waals surface area contributed by atoms with Crippen molar-refractivity contribution in [2.75, 3.05) is 7.05 Å². The summed E-state index contributed by atoms with van der Waals surface area (Å²) in [6.07, 6.45) is 1.86. The highest BCUT2D eigenvalue weighted by Gasteiger charge is 2.17. The highest BCUT2D eigenvalue weighted by Crippen LogP contribution is 2.27. The van der Waals surface area contributed by atoms with Crippen LogP contribution in [0, 0.1) is 6.92 Å². The third kappa shape index (κ3) is 2.03. The van der Waals surface area contributed by atoms with Gasteiger partial charge in [-0.3, -0.25) is 4.68 Å². The summed E-state index contributed by atoms with van der Waals surface area (Å²) in [6.45, 7) is 5.16. The first-order chi connectivity index (χ1) is 7.76. The normalized spacial score (nSPS) is 12.9. The molecule has 3 nitrogen and oxygen atoms in total. The van der Waals surface area contributed by atoms with Crippen LogP contribution in [-0.4, -0.2) is 16.8 Å². The number of aryl methyl sites for hydroxylation is 2. The van der Waals surface area contributed by atoms with Gasteiger partial charge in [-0.2, -0.15) is 5.10 Å². The fraction of sp³-hybridized carbons (Fsp3) is 0.417. The Morgan fingerprint density at radius 2 is 2.25 bits per heavy atom. The molecule has 0 radical (unpaired) electrons. The van der Waals surface area contributed by atoms with Crippen LogP contribution in [0.3, 0.4) is 0 Å². The Morgan fingerprint density at radius 3 is 2.81 bits per heavy atom. The van der Waals surface area contributed by atoms with Gasteiger partial charge in [0.15, 0.2) is 0 Å². The van der Waals surface area contributed by atoms with E-state index in [9.17, 15) is 0 Å². The molecule has 0 fully saturated rings. The Kier molecular flexibility index (Phi) is 3.41. The fourth-order valence-electron chi connectivity index (χ4n) is 1.90. The first-order valence-corrected chi connectivity index (χ1v) is 6.33. The van der Waals surface area contributed by atoms with E-state index >= 15 is 0 Å². The summed E-state index contributed by atoms with van der Waals surface area (Å²) < 4.78 is 2.04. The lowest BCUT2D eigenvalue weighted by Crippen LogP contribution is -2.20. The van der Waals surface area contributed by atoms with Gasteiger partial charge >= 0.3 is 0 Å². The van der Waals surface area contributed by atoms with Gasteiger partial charge in [0.2, 0.25) is 0 Å². The van der Waals surface area contributed by atoms with Crippen LogP contribution in [0.1, 0.15) is 28.4 Å². The maximum Gasteiger partial charge on any atom is 0.0839 e. The molecule has 0 saturated heterocycles. The van der Waals surface area contributed by atoms with Gasteiger partial charge in [0, 0.05) is 22.5 Å². The van der Waals surface area contributed by atoms with E-state index in [4.69, 9.17) is 0 Å². The zero-order valence-electron chi connectivity index (χ0n) is 9.90. The second-order valence-electron chi connectivity index (χ2n) is 3.74. The molecule has 2 aromatic rings. The second-order valence-corrected chi connectivity index (χ2v) is 5.06. The lowest BCUT2D eigenvalue weighted by Gasteiger charge is -2.15. The molecular weight excluding hydrogens is 218 g/mol. The molecular formula is C12H17N3S. The molecule has 2 heterocycles. The summed E-state index contributed by atoms with van der Waals surface area (Å²) in [5.41, 5.74) is 1.23. The first-order valence-electron chi connectivity index (χ1n) is 5.51. The Bertz CT molecular complexity index is 458. The van der Waals surface area contributed by atoms with E-state index in [0.29, 0.717) is 0 Å². The number of hydrogen-bond donors (Lipinski definition) is 1. The van der Waals surface area contributed by atoms with Gasteiger partial charge in [-0.25, -0.2) is 0 Å². The highest BCUT2D eigenvalue weighted by molar-refractivity contribution is 7.12. The quantitative estimate of drug-likeness (QED) is 0.882. The molecule has 0 spiro atoms. The predicted molar refractivity (Wildman–Crippen MR) is 67.9 cm³/mol. The van der Waals surface area contributed by atoms with E-state index in [2.05, 4.69) is 42.5 Å². The van der Waals surface area contributed by atoms with Gasteiger partial charge in [0.25, 0.3) is 0 Å². The van der Waals surface area contributed by atoms with Crippen molar-refractivity contribution in [3.8, 4) is 0 Å². The predicted octanol–water partition coefficient (Wildman–Crippen LogP) is 2.58. The Labute approximate surface area is 100 Å². The van der Waals surface area contributed by atoms with E-state index in [1.165, 1.54) is 15.4 Å². The summed E-state index contributed by atoms with van der Waals surface area (Å²) in [5, 5.41) is 7.68. The Balaban J connectivity index is 2.36. The number of aromatic nitrogens is 2. The van der Waals surface area contributed by atoms with Crippen molar-refractivity contribution in [1.82, 2.24) is 15.1 Å². The van der Waals surface area contributed by atoms with Gasteiger partial charge < -0.3 is 5.32 Å². The molecule has 16 heavy (non-hydrogen) atoms.